The molecule has 0 aliphatic carbocycles. The zero-order valence-corrected chi connectivity index (χ0v) is 18.0. The lowest BCUT2D eigenvalue weighted by molar-refractivity contribution is 0.0529. The highest BCUT2D eigenvalue weighted by Crippen LogP contribution is 2.25. The third-order valence-corrected chi connectivity index (χ3v) is 5.65. The van der Waals surface area contributed by atoms with Gasteiger partial charge in [0.05, 0.1) is 11.1 Å². The van der Waals surface area contributed by atoms with Crippen molar-refractivity contribution in [1.82, 2.24) is 19.9 Å². The Labute approximate surface area is 184 Å². The fourth-order valence-electron chi connectivity index (χ4n) is 3.92. The van der Waals surface area contributed by atoms with Crippen molar-refractivity contribution in [1.29, 1.82) is 0 Å². The van der Waals surface area contributed by atoms with Crippen molar-refractivity contribution in [3.8, 4) is 0 Å². The summed E-state index contributed by atoms with van der Waals surface area (Å²) in [5.74, 6) is -0.659. The predicted molar refractivity (Wildman–Crippen MR) is 111 cm³/mol. The number of benzene rings is 1. The van der Waals surface area contributed by atoms with Crippen LogP contribution in [-0.2, 0) is 4.74 Å². The van der Waals surface area contributed by atoms with Gasteiger partial charge in [0.15, 0.2) is 5.69 Å². The molecule has 0 radical (unpaired) electrons. The molecule has 0 atom stereocenters. The third-order valence-electron chi connectivity index (χ3n) is 5.65. The van der Waals surface area contributed by atoms with Crippen LogP contribution in [0.15, 0.2) is 28.8 Å². The van der Waals surface area contributed by atoms with Crippen molar-refractivity contribution in [2.24, 2.45) is 0 Å². The van der Waals surface area contributed by atoms with Gasteiger partial charge >= 0.3 is 0 Å². The molecule has 168 valence electrons. The number of carbonyl (C=O) groups is 4. The molecule has 2 aromatic rings. The molecule has 10 heteroatoms. The average molecular weight is 440 g/mol. The molecule has 1 aromatic carbocycles. The lowest BCUT2D eigenvalue weighted by Gasteiger charge is -2.34. The van der Waals surface area contributed by atoms with E-state index in [0.717, 1.165) is 0 Å². The van der Waals surface area contributed by atoms with Crippen molar-refractivity contribution in [3.05, 3.63) is 52.4 Å². The van der Waals surface area contributed by atoms with Gasteiger partial charge in [0.25, 0.3) is 23.6 Å². The molecule has 0 unspecified atom stereocenters. The van der Waals surface area contributed by atoms with Gasteiger partial charge in [-0.15, -0.1) is 0 Å². The van der Waals surface area contributed by atoms with Crippen LogP contribution in [0.4, 0.5) is 0 Å². The van der Waals surface area contributed by atoms with Gasteiger partial charge in [-0.2, -0.15) is 0 Å². The van der Waals surface area contributed by atoms with E-state index >= 15 is 0 Å². The summed E-state index contributed by atoms with van der Waals surface area (Å²) in [6.45, 7) is 3.88. The monoisotopic (exact) mass is 440 g/mol. The first-order valence-corrected chi connectivity index (χ1v) is 10.4. The number of fused-ring (bicyclic) bond motifs is 1. The normalized spacial score (nSPS) is 16.0. The molecule has 0 saturated carbocycles. The van der Waals surface area contributed by atoms with E-state index in [9.17, 15) is 19.2 Å². The number of amides is 4. The van der Waals surface area contributed by atoms with Crippen molar-refractivity contribution in [2.45, 2.75) is 13.3 Å². The van der Waals surface area contributed by atoms with Gasteiger partial charge in [0.2, 0.25) is 0 Å². The van der Waals surface area contributed by atoms with Crippen LogP contribution in [0.1, 0.15) is 53.7 Å². The van der Waals surface area contributed by atoms with Crippen molar-refractivity contribution >= 4 is 23.6 Å². The van der Waals surface area contributed by atoms with Gasteiger partial charge < -0.3 is 19.1 Å². The van der Waals surface area contributed by atoms with E-state index in [1.54, 1.807) is 36.0 Å². The van der Waals surface area contributed by atoms with Gasteiger partial charge in [-0.05, 0) is 31.5 Å². The molecule has 4 rings (SSSR count). The van der Waals surface area contributed by atoms with Gasteiger partial charge in [-0.25, -0.2) is 0 Å². The molecule has 1 saturated heterocycles. The quantitative estimate of drug-likeness (QED) is 0.490. The van der Waals surface area contributed by atoms with E-state index in [-0.39, 0.29) is 35.5 Å². The van der Waals surface area contributed by atoms with Crippen LogP contribution in [0.5, 0.6) is 0 Å². The second-order valence-electron chi connectivity index (χ2n) is 7.78. The van der Waals surface area contributed by atoms with Crippen molar-refractivity contribution in [3.63, 3.8) is 0 Å². The van der Waals surface area contributed by atoms with Crippen molar-refractivity contribution < 1.29 is 28.4 Å². The minimum Gasteiger partial charge on any atom is -0.385 e. The number of methoxy groups -OCH3 is 1. The number of piperazine rings is 1. The molecule has 0 bridgehead atoms. The number of rotatable bonds is 6. The van der Waals surface area contributed by atoms with Gasteiger partial charge in [0, 0.05) is 58.1 Å². The first kappa shape index (κ1) is 21.7. The molecule has 1 fully saturated rings. The SMILES string of the molecule is COCCCN1C(=O)c2ccc(C(=O)N3CCN(C(=O)c4cc(C)on4)CC3)cc2C1=O. The second kappa shape index (κ2) is 8.91. The molecule has 32 heavy (non-hydrogen) atoms. The Balaban J connectivity index is 1.41. The van der Waals surface area contributed by atoms with Gasteiger partial charge in [-0.3, -0.25) is 24.1 Å². The van der Waals surface area contributed by atoms with Crippen LogP contribution in [-0.4, -0.2) is 89.9 Å². The Morgan fingerprint density at radius 3 is 2.28 bits per heavy atom. The second-order valence-corrected chi connectivity index (χ2v) is 7.78. The Hall–Kier alpha value is -3.53. The third kappa shape index (κ3) is 4.01. The summed E-state index contributed by atoms with van der Waals surface area (Å²) < 4.78 is 9.94. The number of imide groups is 1. The van der Waals surface area contributed by atoms with Crippen LogP contribution in [0, 0.1) is 6.92 Å². The highest BCUT2D eigenvalue weighted by atomic mass is 16.5. The van der Waals surface area contributed by atoms with E-state index in [2.05, 4.69) is 5.16 Å². The number of hydrogen-bond donors (Lipinski definition) is 0. The average Bonchev–Trinajstić information content (AvgIpc) is 3.35. The van der Waals surface area contributed by atoms with E-state index in [0.29, 0.717) is 56.1 Å². The predicted octanol–water partition coefficient (Wildman–Crippen LogP) is 1.21. The number of nitrogens with zero attached hydrogens (tertiary/aromatic N) is 4. The fourth-order valence-corrected chi connectivity index (χ4v) is 3.92. The summed E-state index contributed by atoms with van der Waals surface area (Å²) >= 11 is 0. The molecule has 3 heterocycles. The van der Waals surface area contributed by atoms with E-state index in [4.69, 9.17) is 9.26 Å². The molecule has 2 aliphatic heterocycles. The number of hydrogen-bond acceptors (Lipinski definition) is 7. The standard InChI is InChI=1S/C22H24N4O6/c1-14-12-18(23-32-14)22(30)25-9-7-24(8-10-25)19(27)15-4-5-16-17(13-15)21(29)26(20(16)28)6-3-11-31-2/h4-5,12-13H,3,6-11H2,1-2H3. The van der Waals surface area contributed by atoms with Crippen LogP contribution >= 0.6 is 0 Å². The highest BCUT2D eigenvalue weighted by molar-refractivity contribution is 6.22. The summed E-state index contributed by atoms with van der Waals surface area (Å²) in [4.78, 5) is 55.2. The topological polar surface area (TPSA) is 113 Å². The van der Waals surface area contributed by atoms with E-state index < -0.39 is 5.91 Å². The minimum atomic E-state index is -0.394. The molecule has 2 aliphatic rings. The largest absolute Gasteiger partial charge is 0.385 e. The van der Waals surface area contributed by atoms with Crippen LogP contribution in [0.25, 0.3) is 0 Å². The number of ether oxygens (including phenoxy) is 1. The maximum absolute atomic E-state index is 13.0. The number of carbonyl (C=O) groups excluding carboxylic acids is 4. The lowest BCUT2D eigenvalue weighted by atomic mass is 10.0. The summed E-state index contributed by atoms with van der Waals surface area (Å²) in [5.41, 5.74) is 1.14. The molecule has 4 amide bonds. The summed E-state index contributed by atoms with van der Waals surface area (Å²) in [7, 11) is 1.56. The Morgan fingerprint density at radius 1 is 1.00 bits per heavy atom. The van der Waals surface area contributed by atoms with Gasteiger partial charge in [-0.1, -0.05) is 5.16 Å². The molecular formula is C22H24N4O6. The summed E-state index contributed by atoms with van der Waals surface area (Å²) in [6.07, 6.45) is 0.546. The first-order chi connectivity index (χ1) is 15.4. The van der Waals surface area contributed by atoms with Crippen LogP contribution in [0.2, 0.25) is 0 Å². The van der Waals surface area contributed by atoms with E-state index in [1.165, 1.54) is 17.0 Å². The fraction of sp³-hybridized carbons (Fsp3) is 0.409. The smallest absolute Gasteiger partial charge is 0.276 e. The molecule has 10 nitrogen and oxygen atoms in total. The van der Waals surface area contributed by atoms with Gasteiger partial charge in [0.1, 0.15) is 5.76 Å². The lowest BCUT2D eigenvalue weighted by Crippen LogP contribution is -2.50. The first-order valence-electron chi connectivity index (χ1n) is 10.4. The minimum absolute atomic E-state index is 0.232. The molecular weight excluding hydrogens is 416 g/mol. The molecule has 0 spiro atoms. The Kier molecular flexibility index (Phi) is 6.04. The van der Waals surface area contributed by atoms with E-state index in [1.807, 2.05) is 0 Å². The highest BCUT2D eigenvalue weighted by Gasteiger charge is 2.36. The zero-order chi connectivity index (χ0) is 22.8. The summed E-state index contributed by atoms with van der Waals surface area (Å²) in [5, 5.41) is 3.75. The van der Waals surface area contributed by atoms with Crippen molar-refractivity contribution in [2.75, 3.05) is 46.4 Å². The summed E-state index contributed by atoms with van der Waals surface area (Å²) in [6, 6.07) is 6.18. The molecule has 1 aromatic heterocycles. The molecule has 0 N–H and O–H groups in total. The number of aryl methyl sites for hydroxylation is 1. The van der Waals surface area contributed by atoms with Crippen LogP contribution in [0.3, 0.4) is 0 Å². The maximum Gasteiger partial charge on any atom is 0.276 e. The number of aromatic nitrogens is 1. The van der Waals surface area contributed by atoms with Crippen LogP contribution < -0.4 is 0 Å². The Morgan fingerprint density at radius 2 is 1.66 bits per heavy atom. The zero-order valence-electron chi connectivity index (χ0n) is 18.0. The maximum atomic E-state index is 13.0. The Bertz CT molecular complexity index is 1070.